The highest BCUT2D eigenvalue weighted by molar-refractivity contribution is 6.25. The van der Waals surface area contributed by atoms with Gasteiger partial charge < -0.3 is 9.67 Å². The van der Waals surface area contributed by atoms with E-state index in [9.17, 15) is 9.59 Å². The first-order valence-electron chi connectivity index (χ1n) is 5.26. The van der Waals surface area contributed by atoms with Crippen LogP contribution in [0.4, 0.5) is 0 Å². The van der Waals surface area contributed by atoms with Gasteiger partial charge in [0.2, 0.25) is 0 Å². The molecular formula is C13H10ClNO3. The van der Waals surface area contributed by atoms with Crippen molar-refractivity contribution in [3.8, 4) is 0 Å². The molecule has 2 aromatic rings. The summed E-state index contributed by atoms with van der Waals surface area (Å²) in [5.74, 6) is -1.11. The maximum atomic E-state index is 11.9. The molecule has 0 unspecified atom stereocenters. The molecule has 1 aromatic heterocycles. The summed E-state index contributed by atoms with van der Waals surface area (Å²) in [6.07, 6.45) is 1.62. The van der Waals surface area contributed by atoms with Gasteiger partial charge in [-0.15, -0.1) is 0 Å². The number of para-hydroxylation sites is 1. The third kappa shape index (κ3) is 2.15. The van der Waals surface area contributed by atoms with Crippen molar-refractivity contribution in [1.29, 1.82) is 0 Å². The summed E-state index contributed by atoms with van der Waals surface area (Å²) in [4.78, 5) is 23.0. The lowest BCUT2D eigenvalue weighted by molar-refractivity contribution is 0.0699. The molecule has 0 aliphatic heterocycles. The van der Waals surface area contributed by atoms with Crippen molar-refractivity contribution in [2.24, 2.45) is 0 Å². The number of halogens is 1. The standard InChI is InChI=1S/C13H10ClNO3/c14-6-3-7-15-11-5-2-1-4-9(11)10(13(17)18)8-12(15)16/h1-6,8H,7H2,(H,17,18). The van der Waals surface area contributed by atoms with Gasteiger partial charge in [-0.1, -0.05) is 35.9 Å². The number of hydrogen-bond acceptors (Lipinski definition) is 2. The Labute approximate surface area is 108 Å². The average molecular weight is 264 g/mol. The number of allylic oxidation sites excluding steroid dienone is 1. The lowest BCUT2D eigenvalue weighted by Crippen LogP contribution is -2.21. The van der Waals surface area contributed by atoms with Gasteiger partial charge in [0.25, 0.3) is 5.56 Å². The van der Waals surface area contributed by atoms with Crippen molar-refractivity contribution in [2.75, 3.05) is 0 Å². The summed E-state index contributed by atoms with van der Waals surface area (Å²) in [5, 5.41) is 9.63. The van der Waals surface area contributed by atoms with E-state index in [1.807, 2.05) is 0 Å². The van der Waals surface area contributed by atoms with Gasteiger partial charge in [-0.2, -0.15) is 0 Å². The molecule has 0 amide bonds. The topological polar surface area (TPSA) is 59.3 Å². The van der Waals surface area contributed by atoms with Crippen LogP contribution in [0.1, 0.15) is 10.4 Å². The molecule has 0 radical (unpaired) electrons. The Morgan fingerprint density at radius 1 is 1.39 bits per heavy atom. The van der Waals surface area contributed by atoms with Crippen LogP contribution in [-0.4, -0.2) is 15.6 Å². The minimum absolute atomic E-state index is 0.0155. The number of pyridine rings is 1. The number of carboxylic acid groups (broad SMARTS) is 1. The zero-order valence-corrected chi connectivity index (χ0v) is 10.1. The summed E-state index contributed by atoms with van der Waals surface area (Å²) >= 11 is 5.45. The molecular weight excluding hydrogens is 254 g/mol. The Balaban J connectivity index is 2.81. The van der Waals surface area contributed by atoms with Crippen LogP contribution in [0, 0.1) is 0 Å². The van der Waals surface area contributed by atoms with Crippen LogP contribution in [0.5, 0.6) is 0 Å². The Morgan fingerprint density at radius 2 is 2.11 bits per heavy atom. The van der Waals surface area contributed by atoms with Gasteiger partial charge in [-0.25, -0.2) is 4.79 Å². The number of nitrogens with zero attached hydrogens (tertiary/aromatic N) is 1. The number of aromatic carboxylic acids is 1. The lowest BCUT2D eigenvalue weighted by atomic mass is 10.1. The fourth-order valence-electron chi connectivity index (χ4n) is 1.85. The van der Waals surface area contributed by atoms with Crippen molar-refractivity contribution >= 4 is 28.5 Å². The summed E-state index contributed by atoms with van der Waals surface area (Å²) in [7, 11) is 0. The maximum Gasteiger partial charge on any atom is 0.336 e. The highest BCUT2D eigenvalue weighted by Crippen LogP contribution is 2.16. The summed E-state index contributed by atoms with van der Waals surface area (Å²) in [6.45, 7) is 0.308. The molecule has 0 saturated carbocycles. The van der Waals surface area contributed by atoms with Crippen LogP contribution in [0.15, 0.2) is 46.7 Å². The number of rotatable bonds is 3. The third-order valence-electron chi connectivity index (χ3n) is 2.63. The molecule has 1 N–H and O–H groups in total. The molecule has 0 bridgehead atoms. The highest BCUT2D eigenvalue weighted by atomic mass is 35.5. The molecule has 1 aromatic carbocycles. The van der Waals surface area contributed by atoms with Gasteiger partial charge in [0, 0.05) is 23.5 Å². The quantitative estimate of drug-likeness (QED) is 0.925. The highest BCUT2D eigenvalue weighted by Gasteiger charge is 2.12. The fourth-order valence-corrected chi connectivity index (χ4v) is 1.92. The molecule has 2 rings (SSSR count). The molecule has 18 heavy (non-hydrogen) atoms. The SMILES string of the molecule is O=C(O)c1cc(=O)n(CC=CCl)c2ccccc12. The summed E-state index contributed by atoms with van der Waals surface area (Å²) in [5.41, 5.74) is 1.56. The van der Waals surface area contributed by atoms with E-state index in [1.165, 1.54) is 10.1 Å². The Morgan fingerprint density at radius 3 is 2.78 bits per heavy atom. The average Bonchev–Trinajstić information content (AvgIpc) is 2.36. The van der Waals surface area contributed by atoms with Crippen LogP contribution in [-0.2, 0) is 6.54 Å². The zero-order valence-electron chi connectivity index (χ0n) is 9.34. The van der Waals surface area contributed by atoms with E-state index in [0.29, 0.717) is 17.4 Å². The van der Waals surface area contributed by atoms with Gasteiger partial charge >= 0.3 is 5.97 Å². The van der Waals surface area contributed by atoms with E-state index in [2.05, 4.69) is 0 Å². The Hall–Kier alpha value is -2.07. The van der Waals surface area contributed by atoms with Crippen molar-refractivity contribution in [2.45, 2.75) is 6.54 Å². The largest absolute Gasteiger partial charge is 0.478 e. The maximum absolute atomic E-state index is 11.9. The van der Waals surface area contributed by atoms with Gasteiger partial charge in [-0.3, -0.25) is 4.79 Å². The summed E-state index contributed by atoms with van der Waals surface area (Å²) in [6, 6.07) is 8.02. The van der Waals surface area contributed by atoms with Crippen molar-refractivity contribution in [3.05, 3.63) is 57.9 Å². The first-order chi connectivity index (χ1) is 8.65. The molecule has 0 aliphatic rings. The Bertz CT molecular complexity index is 688. The lowest BCUT2D eigenvalue weighted by Gasteiger charge is -2.09. The van der Waals surface area contributed by atoms with Crippen LogP contribution in [0.2, 0.25) is 0 Å². The minimum Gasteiger partial charge on any atom is -0.478 e. The van der Waals surface area contributed by atoms with Crippen molar-refractivity contribution < 1.29 is 9.90 Å². The molecule has 92 valence electrons. The van der Waals surface area contributed by atoms with Crippen molar-refractivity contribution in [3.63, 3.8) is 0 Å². The number of fused-ring (bicyclic) bond motifs is 1. The smallest absolute Gasteiger partial charge is 0.336 e. The van der Waals surface area contributed by atoms with Gasteiger partial charge in [0.1, 0.15) is 0 Å². The van der Waals surface area contributed by atoms with E-state index >= 15 is 0 Å². The fraction of sp³-hybridized carbons (Fsp3) is 0.0769. The van der Waals surface area contributed by atoms with Crippen LogP contribution >= 0.6 is 11.6 Å². The second-order valence-electron chi connectivity index (χ2n) is 3.69. The molecule has 0 spiro atoms. The summed E-state index contributed by atoms with van der Waals surface area (Å²) < 4.78 is 1.47. The molecule has 0 atom stereocenters. The van der Waals surface area contributed by atoms with Crippen molar-refractivity contribution in [1.82, 2.24) is 4.57 Å². The number of aromatic nitrogens is 1. The number of hydrogen-bond donors (Lipinski definition) is 1. The predicted molar refractivity (Wildman–Crippen MR) is 70.2 cm³/mol. The molecule has 0 aliphatic carbocycles. The molecule has 5 heteroatoms. The normalized spacial score (nSPS) is 11.2. The van der Waals surface area contributed by atoms with E-state index in [4.69, 9.17) is 16.7 Å². The van der Waals surface area contributed by atoms with E-state index in [1.54, 1.807) is 30.3 Å². The first kappa shape index (κ1) is 12.4. The van der Waals surface area contributed by atoms with Gasteiger partial charge in [0.05, 0.1) is 11.1 Å². The second-order valence-corrected chi connectivity index (χ2v) is 3.94. The minimum atomic E-state index is -1.11. The third-order valence-corrected chi connectivity index (χ3v) is 2.80. The predicted octanol–water partition coefficient (Wildman–Crippen LogP) is 2.45. The van der Waals surface area contributed by atoms with E-state index in [-0.39, 0.29) is 11.1 Å². The van der Waals surface area contributed by atoms with Crippen LogP contribution in [0.3, 0.4) is 0 Å². The first-order valence-corrected chi connectivity index (χ1v) is 5.70. The van der Waals surface area contributed by atoms with Gasteiger partial charge in [0.15, 0.2) is 0 Å². The number of carbonyl (C=O) groups is 1. The number of carboxylic acids is 1. The number of benzene rings is 1. The molecule has 0 fully saturated rings. The molecule has 4 nitrogen and oxygen atoms in total. The van der Waals surface area contributed by atoms with Crippen LogP contribution in [0.25, 0.3) is 10.9 Å². The molecule has 0 saturated heterocycles. The second kappa shape index (κ2) is 5.06. The molecule has 1 heterocycles. The Kier molecular flexibility index (Phi) is 3.48. The monoisotopic (exact) mass is 263 g/mol. The van der Waals surface area contributed by atoms with Crippen LogP contribution < -0.4 is 5.56 Å². The van der Waals surface area contributed by atoms with E-state index in [0.717, 1.165) is 6.07 Å². The van der Waals surface area contributed by atoms with Gasteiger partial charge in [-0.05, 0) is 6.07 Å². The zero-order chi connectivity index (χ0) is 13.1. The van der Waals surface area contributed by atoms with E-state index < -0.39 is 5.97 Å².